The zero-order valence-electron chi connectivity index (χ0n) is 11.6. The summed E-state index contributed by atoms with van der Waals surface area (Å²) >= 11 is 0. The van der Waals surface area contributed by atoms with Crippen LogP contribution < -0.4 is 0 Å². The summed E-state index contributed by atoms with van der Waals surface area (Å²) in [5.74, 6) is -1.19. The van der Waals surface area contributed by atoms with E-state index in [4.69, 9.17) is 0 Å². The lowest BCUT2D eigenvalue weighted by molar-refractivity contribution is -0.138. The summed E-state index contributed by atoms with van der Waals surface area (Å²) in [6.45, 7) is 1.91. The number of para-hydroxylation sites is 1. The van der Waals surface area contributed by atoms with Gasteiger partial charge < -0.3 is 9.67 Å². The third kappa shape index (κ3) is 1.78. The fourth-order valence-corrected chi connectivity index (χ4v) is 2.96. The van der Waals surface area contributed by atoms with Crippen molar-refractivity contribution in [3.63, 3.8) is 0 Å². The van der Waals surface area contributed by atoms with Gasteiger partial charge in [-0.3, -0.25) is 4.79 Å². The number of aryl methyl sites for hydroxylation is 1. The highest BCUT2D eigenvalue weighted by Crippen LogP contribution is 2.31. The van der Waals surface area contributed by atoms with E-state index in [1.54, 1.807) is 0 Å². The van der Waals surface area contributed by atoms with Crippen molar-refractivity contribution in [1.82, 2.24) is 4.57 Å². The molecule has 102 valence electrons. The summed E-state index contributed by atoms with van der Waals surface area (Å²) in [6, 6.07) is 14.2. The summed E-state index contributed by atoms with van der Waals surface area (Å²) in [6.07, 6.45) is 0.603. The molecule has 0 aliphatic carbocycles. The molecule has 0 amide bonds. The molecule has 2 aromatic carbocycles. The van der Waals surface area contributed by atoms with Crippen LogP contribution in [-0.2, 0) is 11.8 Å². The molecular weight excluding hydrogens is 250 g/mol. The van der Waals surface area contributed by atoms with Gasteiger partial charge in [-0.15, -0.1) is 0 Å². The fourth-order valence-electron chi connectivity index (χ4n) is 2.96. The maximum Gasteiger partial charge on any atom is 0.310 e. The number of nitrogens with zero attached hydrogens (tertiary/aromatic N) is 1. The number of hydrogen-bond donors (Lipinski definition) is 1. The van der Waals surface area contributed by atoms with Gasteiger partial charge in [0.1, 0.15) is 0 Å². The molecule has 0 fully saturated rings. The van der Waals surface area contributed by atoms with Crippen LogP contribution in [0.25, 0.3) is 21.8 Å². The van der Waals surface area contributed by atoms with Crippen molar-refractivity contribution in [2.24, 2.45) is 7.05 Å². The second-order valence-electron chi connectivity index (χ2n) is 5.15. The lowest BCUT2D eigenvalue weighted by Gasteiger charge is -2.10. The van der Waals surface area contributed by atoms with Crippen LogP contribution in [0.5, 0.6) is 0 Å². The Morgan fingerprint density at radius 1 is 1.15 bits per heavy atom. The molecule has 3 nitrogen and oxygen atoms in total. The van der Waals surface area contributed by atoms with E-state index in [9.17, 15) is 9.90 Å². The highest BCUT2D eigenvalue weighted by molar-refractivity contribution is 6.08. The Hall–Kier alpha value is -2.29. The molecule has 0 spiro atoms. The quantitative estimate of drug-likeness (QED) is 0.781. The third-order valence-electron chi connectivity index (χ3n) is 4.05. The van der Waals surface area contributed by atoms with E-state index in [2.05, 4.69) is 16.7 Å². The van der Waals surface area contributed by atoms with Crippen LogP contribution in [-0.4, -0.2) is 15.6 Å². The van der Waals surface area contributed by atoms with Crippen LogP contribution in [0.2, 0.25) is 0 Å². The Balaban J connectivity index is 2.30. The molecule has 0 saturated carbocycles. The van der Waals surface area contributed by atoms with Crippen LogP contribution in [0.15, 0.2) is 42.5 Å². The van der Waals surface area contributed by atoms with Crippen molar-refractivity contribution in [3.8, 4) is 0 Å². The first-order valence-electron chi connectivity index (χ1n) is 6.83. The second-order valence-corrected chi connectivity index (χ2v) is 5.15. The van der Waals surface area contributed by atoms with Gasteiger partial charge in [-0.1, -0.05) is 31.2 Å². The molecule has 1 N–H and O–H groups in total. The zero-order chi connectivity index (χ0) is 14.3. The van der Waals surface area contributed by atoms with Gasteiger partial charge in [-0.05, 0) is 30.2 Å². The Bertz CT molecular complexity index is 801. The van der Waals surface area contributed by atoms with Crippen LogP contribution in [0, 0.1) is 0 Å². The lowest BCUT2D eigenvalue weighted by atomic mass is 9.95. The smallest absolute Gasteiger partial charge is 0.310 e. The molecule has 1 atom stereocenters. The van der Waals surface area contributed by atoms with Crippen LogP contribution in [0.4, 0.5) is 0 Å². The van der Waals surface area contributed by atoms with Crippen molar-refractivity contribution >= 4 is 27.8 Å². The van der Waals surface area contributed by atoms with Gasteiger partial charge in [0.05, 0.1) is 5.92 Å². The zero-order valence-corrected chi connectivity index (χ0v) is 11.6. The monoisotopic (exact) mass is 267 g/mol. The van der Waals surface area contributed by atoms with E-state index in [1.165, 1.54) is 10.9 Å². The Labute approximate surface area is 117 Å². The predicted molar refractivity (Wildman–Crippen MR) is 81.1 cm³/mol. The Morgan fingerprint density at radius 3 is 2.55 bits per heavy atom. The average molecular weight is 267 g/mol. The van der Waals surface area contributed by atoms with E-state index in [0.717, 1.165) is 16.5 Å². The average Bonchev–Trinajstić information content (AvgIpc) is 2.73. The first-order chi connectivity index (χ1) is 9.63. The van der Waals surface area contributed by atoms with Crippen molar-refractivity contribution < 1.29 is 9.90 Å². The fraction of sp³-hybridized carbons (Fsp3) is 0.235. The number of fused-ring (bicyclic) bond motifs is 3. The van der Waals surface area contributed by atoms with Gasteiger partial charge in [0.2, 0.25) is 0 Å². The maximum absolute atomic E-state index is 11.3. The molecule has 0 bridgehead atoms. The Morgan fingerprint density at radius 2 is 1.85 bits per heavy atom. The molecular formula is C17H17NO2. The van der Waals surface area contributed by atoms with Crippen LogP contribution in [0.3, 0.4) is 0 Å². The first-order valence-corrected chi connectivity index (χ1v) is 6.83. The largest absolute Gasteiger partial charge is 0.481 e. The van der Waals surface area contributed by atoms with E-state index < -0.39 is 11.9 Å². The van der Waals surface area contributed by atoms with Crippen molar-refractivity contribution in [2.45, 2.75) is 19.3 Å². The van der Waals surface area contributed by atoms with E-state index >= 15 is 0 Å². The van der Waals surface area contributed by atoms with Gasteiger partial charge in [0.25, 0.3) is 0 Å². The standard InChI is InChI=1S/C17H17NO2/c1-3-12(17(19)20)11-8-9-16-14(10-11)13-6-4-5-7-15(13)18(16)2/h4-10,12H,3H2,1-2H3,(H,19,20)/t12-/m1/s1. The molecule has 3 heteroatoms. The molecule has 0 saturated heterocycles. The van der Waals surface area contributed by atoms with Crippen molar-refractivity contribution in [2.75, 3.05) is 0 Å². The number of rotatable bonds is 3. The number of benzene rings is 2. The van der Waals surface area contributed by atoms with Gasteiger partial charge in [-0.2, -0.15) is 0 Å². The molecule has 0 aliphatic rings. The predicted octanol–water partition coefficient (Wildman–Crippen LogP) is 3.91. The molecule has 3 aromatic rings. The Kier molecular flexibility index (Phi) is 2.97. The normalized spacial score (nSPS) is 12.9. The number of carboxylic acid groups (broad SMARTS) is 1. The minimum Gasteiger partial charge on any atom is -0.481 e. The number of aromatic nitrogens is 1. The second kappa shape index (κ2) is 4.67. The number of aliphatic carboxylic acids is 1. The first kappa shape index (κ1) is 12.7. The van der Waals surface area contributed by atoms with Gasteiger partial charge in [-0.25, -0.2) is 0 Å². The van der Waals surface area contributed by atoms with Crippen molar-refractivity contribution in [3.05, 3.63) is 48.0 Å². The van der Waals surface area contributed by atoms with Crippen LogP contribution in [0.1, 0.15) is 24.8 Å². The topological polar surface area (TPSA) is 42.2 Å². The minimum atomic E-state index is -0.757. The summed E-state index contributed by atoms with van der Waals surface area (Å²) in [4.78, 5) is 11.3. The molecule has 0 aliphatic heterocycles. The molecule has 1 heterocycles. The van der Waals surface area contributed by atoms with Gasteiger partial charge in [0, 0.05) is 28.9 Å². The SMILES string of the molecule is CC[C@@H](C(=O)O)c1ccc2c(c1)c1ccccc1n2C. The van der Waals surface area contributed by atoms with Gasteiger partial charge in [0.15, 0.2) is 0 Å². The molecule has 20 heavy (non-hydrogen) atoms. The number of carboxylic acids is 1. The summed E-state index contributed by atoms with van der Waals surface area (Å²) < 4.78 is 2.15. The molecule has 0 radical (unpaired) electrons. The number of hydrogen-bond acceptors (Lipinski definition) is 1. The molecule has 0 unspecified atom stereocenters. The van der Waals surface area contributed by atoms with E-state index in [-0.39, 0.29) is 0 Å². The lowest BCUT2D eigenvalue weighted by Crippen LogP contribution is -2.10. The summed E-state index contributed by atoms with van der Waals surface area (Å²) in [7, 11) is 2.04. The van der Waals surface area contributed by atoms with E-state index in [1.807, 2.05) is 44.3 Å². The third-order valence-corrected chi connectivity index (χ3v) is 4.05. The van der Waals surface area contributed by atoms with Crippen molar-refractivity contribution in [1.29, 1.82) is 0 Å². The molecule has 1 aromatic heterocycles. The van der Waals surface area contributed by atoms with Crippen LogP contribution >= 0.6 is 0 Å². The van der Waals surface area contributed by atoms with E-state index in [0.29, 0.717) is 6.42 Å². The highest BCUT2D eigenvalue weighted by atomic mass is 16.4. The maximum atomic E-state index is 11.3. The summed E-state index contributed by atoms with van der Waals surface area (Å²) in [5, 5.41) is 11.6. The molecule has 3 rings (SSSR count). The van der Waals surface area contributed by atoms with Gasteiger partial charge >= 0.3 is 5.97 Å². The number of carbonyl (C=O) groups is 1. The minimum absolute atomic E-state index is 0.432. The highest BCUT2D eigenvalue weighted by Gasteiger charge is 2.18. The summed E-state index contributed by atoms with van der Waals surface area (Å²) in [5.41, 5.74) is 3.18.